The van der Waals surface area contributed by atoms with Crippen molar-refractivity contribution < 1.29 is 19.2 Å². The van der Waals surface area contributed by atoms with Crippen LogP contribution in [0.15, 0.2) is 63.5 Å². The number of hydrogen-bond donors (Lipinski definition) is 0. The van der Waals surface area contributed by atoms with Crippen molar-refractivity contribution >= 4 is 40.7 Å². The van der Waals surface area contributed by atoms with Crippen molar-refractivity contribution in [1.82, 2.24) is 4.57 Å². The maximum atomic E-state index is 13.6. The first kappa shape index (κ1) is 23.4. The molecule has 9 nitrogen and oxygen atoms in total. The zero-order valence-corrected chi connectivity index (χ0v) is 19.8. The van der Waals surface area contributed by atoms with E-state index in [-0.39, 0.29) is 16.3 Å². The van der Waals surface area contributed by atoms with Crippen LogP contribution in [-0.2, 0) is 9.53 Å². The molecule has 0 saturated heterocycles. The summed E-state index contributed by atoms with van der Waals surface area (Å²) < 4.78 is 12.0. The van der Waals surface area contributed by atoms with Gasteiger partial charge in [0.15, 0.2) is 4.80 Å². The lowest BCUT2D eigenvalue weighted by molar-refractivity contribution is -0.384. The van der Waals surface area contributed by atoms with Gasteiger partial charge in [-0.2, -0.15) is 0 Å². The van der Waals surface area contributed by atoms with E-state index in [2.05, 4.69) is 4.99 Å². The molecule has 4 rings (SSSR count). The van der Waals surface area contributed by atoms with Gasteiger partial charge >= 0.3 is 5.97 Å². The topological polar surface area (TPSA) is 113 Å². The summed E-state index contributed by atoms with van der Waals surface area (Å²) in [5.74, 6) is -0.104. The van der Waals surface area contributed by atoms with Crippen LogP contribution in [0.2, 0.25) is 5.02 Å². The van der Waals surface area contributed by atoms with Gasteiger partial charge in [-0.05, 0) is 30.7 Å². The minimum Gasteiger partial charge on any atom is -0.496 e. The molecule has 1 aromatic heterocycles. The lowest BCUT2D eigenvalue weighted by Crippen LogP contribution is -2.39. The van der Waals surface area contributed by atoms with E-state index in [0.717, 1.165) is 11.3 Å². The van der Waals surface area contributed by atoms with Crippen molar-refractivity contribution in [3.63, 3.8) is 0 Å². The van der Waals surface area contributed by atoms with Crippen LogP contribution in [0, 0.1) is 10.1 Å². The molecule has 11 heteroatoms. The second-order valence-corrected chi connectivity index (χ2v) is 8.70. The summed E-state index contributed by atoms with van der Waals surface area (Å²) in [5.41, 5.74) is 0.726. The van der Waals surface area contributed by atoms with E-state index in [1.165, 1.54) is 30.9 Å². The van der Waals surface area contributed by atoms with E-state index in [1.54, 1.807) is 25.1 Å². The quantitative estimate of drug-likeness (QED) is 0.303. The van der Waals surface area contributed by atoms with Crippen molar-refractivity contribution in [2.75, 3.05) is 14.2 Å². The number of thiazole rings is 1. The zero-order chi connectivity index (χ0) is 24.6. The maximum Gasteiger partial charge on any atom is 0.338 e. The SMILES string of the molecule is COC(=O)C1=C(C)N=c2sc(=Cc3ccccc3OC)c(=O)n2C1c1ccc(Cl)c([N+](=O)[O-])c1. The van der Waals surface area contributed by atoms with Gasteiger partial charge in [-0.3, -0.25) is 19.5 Å². The Morgan fingerprint density at radius 1 is 1.26 bits per heavy atom. The third kappa shape index (κ3) is 4.02. The van der Waals surface area contributed by atoms with E-state index >= 15 is 0 Å². The molecule has 0 fully saturated rings. The van der Waals surface area contributed by atoms with Gasteiger partial charge in [0.05, 0.1) is 41.0 Å². The highest BCUT2D eigenvalue weighted by atomic mass is 35.5. The molecule has 1 atom stereocenters. The molecule has 174 valence electrons. The third-order valence-corrected chi connectivity index (χ3v) is 6.64. The molecule has 1 aliphatic rings. The minimum atomic E-state index is -0.987. The summed E-state index contributed by atoms with van der Waals surface area (Å²) in [6.45, 7) is 1.63. The number of methoxy groups -OCH3 is 2. The number of carbonyl (C=O) groups is 1. The Bertz CT molecular complexity index is 1540. The number of benzene rings is 2. The van der Waals surface area contributed by atoms with Crippen LogP contribution in [0.3, 0.4) is 0 Å². The van der Waals surface area contributed by atoms with E-state index in [1.807, 2.05) is 18.2 Å². The first-order valence-electron chi connectivity index (χ1n) is 9.94. The Balaban J connectivity index is 2.01. The molecular weight excluding hydrogens is 482 g/mol. The number of fused-ring (bicyclic) bond motifs is 1. The van der Waals surface area contributed by atoms with Gasteiger partial charge < -0.3 is 9.47 Å². The minimum absolute atomic E-state index is 0.0577. The molecule has 1 aliphatic heterocycles. The fourth-order valence-corrected chi connectivity index (χ4v) is 5.00. The summed E-state index contributed by atoms with van der Waals surface area (Å²) >= 11 is 7.13. The number of rotatable bonds is 5. The van der Waals surface area contributed by atoms with Crippen molar-refractivity contribution in [1.29, 1.82) is 0 Å². The molecule has 0 saturated carbocycles. The lowest BCUT2D eigenvalue weighted by Gasteiger charge is -2.24. The average Bonchev–Trinajstić information content (AvgIpc) is 3.12. The summed E-state index contributed by atoms with van der Waals surface area (Å²) in [7, 11) is 2.75. The summed E-state index contributed by atoms with van der Waals surface area (Å²) in [6.07, 6.45) is 1.68. The Morgan fingerprint density at radius 3 is 2.68 bits per heavy atom. The predicted molar refractivity (Wildman–Crippen MR) is 127 cm³/mol. The van der Waals surface area contributed by atoms with Crippen LogP contribution >= 0.6 is 22.9 Å². The third-order valence-electron chi connectivity index (χ3n) is 5.34. The Labute approximate surface area is 202 Å². The largest absolute Gasteiger partial charge is 0.496 e. The fourth-order valence-electron chi connectivity index (χ4n) is 3.77. The van der Waals surface area contributed by atoms with Crippen LogP contribution < -0.4 is 19.6 Å². The first-order valence-corrected chi connectivity index (χ1v) is 11.1. The Morgan fingerprint density at radius 2 is 2.00 bits per heavy atom. The predicted octanol–water partition coefficient (Wildman–Crippen LogP) is 2.98. The number of para-hydroxylation sites is 1. The number of halogens is 1. The number of nitrogens with zero attached hydrogens (tertiary/aromatic N) is 3. The number of carbonyl (C=O) groups excluding carboxylic acids is 1. The van der Waals surface area contributed by atoms with Crippen molar-refractivity contribution in [2.45, 2.75) is 13.0 Å². The second kappa shape index (κ2) is 9.24. The zero-order valence-electron chi connectivity index (χ0n) is 18.3. The van der Waals surface area contributed by atoms with Crippen LogP contribution in [0.1, 0.15) is 24.1 Å². The van der Waals surface area contributed by atoms with Crippen molar-refractivity contribution in [3.8, 4) is 5.75 Å². The molecule has 0 radical (unpaired) electrons. The molecule has 1 unspecified atom stereocenters. The fraction of sp³-hybridized carbons (Fsp3) is 0.174. The highest BCUT2D eigenvalue weighted by Crippen LogP contribution is 2.34. The summed E-state index contributed by atoms with van der Waals surface area (Å²) in [5, 5.41) is 11.4. The highest BCUT2D eigenvalue weighted by Gasteiger charge is 2.34. The molecule has 34 heavy (non-hydrogen) atoms. The molecule has 0 N–H and O–H groups in total. The standard InChI is InChI=1S/C23H18ClN3O6S/c1-12-19(22(29)33-3)20(14-8-9-15(24)16(10-14)27(30)31)26-21(28)18(34-23(26)25-12)11-13-6-4-5-7-17(13)32-2/h4-11,20H,1-3H3. The maximum absolute atomic E-state index is 13.6. The Hall–Kier alpha value is -3.76. The molecular formula is C23H18ClN3O6S. The van der Waals surface area contributed by atoms with E-state index in [9.17, 15) is 19.7 Å². The number of hydrogen-bond acceptors (Lipinski definition) is 8. The summed E-state index contributed by atoms with van der Waals surface area (Å²) in [4.78, 5) is 41.9. The van der Waals surface area contributed by atoms with Gasteiger partial charge in [0.2, 0.25) is 0 Å². The van der Waals surface area contributed by atoms with Crippen molar-refractivity contribution in [3.05, 3.63) is 99.7 Å². The monoisotopic (exact) mass is 499 g/mol. The molecule has 0 spiro atoms. The number of ether oxygens (including phenoxy) is 2. The van der Waals surface area contributed by atoms with E-state index in [0.29, 0.717) is 31.9 Å². The molecule has 0 aliphatic carbocycles. The lowest BCUT2D eigenvalue weighted by atomic mass is 9.95. The highest BCUT2D eigenvalue weighted by molar-refractivity contribution is 7.07. The second-order valence-electron chi connectivity index (χ2n) is 7.28. The molecule has 0 bridgehead atoms. The number of esters is 1. The summed E-state index contributed by atoms with van der Waals surface area (Å²) in [6, 6.07) is 10.4. The van der Waals surface area contributed by atoms with Crippen LogP contribution in [-0.4, -0.2) is 29.7 Å². The molecule has 3 aromatic rings. The smallest absolute Gasteiger partial charge is 0.338 e. The van der Waals surface area contributed by atoms with Gasteiger partial charge in [-0.15, -0.1) is 0 Å². The average molecular weight is 500 g/mol. The van der Waals surface area contributed by atoms with Gasteiger partial charge in [-0.1, -0.05) is 47.2 Å². The molecule has 0 amide bonds. The van der Waals surface area contributed by atoms with Gasteiger partial charge in [0.25, 0.3) is 11.2 Å². The van der Waals surface area contributed by atoms with Gasteiger partial charge in [-0.25, -0.2) is 9.79 Å². The van der Waals surface area contributed by atoms with E-state index < -0.39 is 22.5 Å². The Kier molecular flexibility index (Phi) is 6.36. The van der Waals surface area contributed by atoms with E-state index in [4.69, 9.17) is 21.1 Å². The van der Waals surface area contributed by atoms with Gasteiger partial charge in [0.1, 0.15) is 10.8 Å². The van der Waals surface area contributed by atoms with Crippen LogP contribution in [0.5, 0.6) is 5.75 Å². The molecule has 2 heterocycles. The molecule has 2 aromatic carbocycles. The first-order chi connectivity index (χ1) is 16.3. The number of nitro groups is 1. The number of allylic oxidation sites excluding steroid dienone is 1. The number of nitro benzene ring substituents is 1. The number of aromatic nitrogens is 1. The van der Waals surface area contributed by atoms with Crippen LogP contribution in [0.4, 0.5) is 5.69 Å². The van der Waals surface area contributed by atoms with Crippen molar-refractivity contribution in [2.24, 2.45) is 4.99 Å². The van der Waals surface area contributed by atoms with Crippen LogP contribution in [0.25, 0.3) is 6.08 Å². The van der Waals surface area contributed by atoms with Gasteiger partial charge in [0, 0.05) is 11.6 Å². The normalized spacial score (nSPS) is 15.5.